The van der Waals surface area contributed by atoms with E-state index in [4.69, 9.17) is 0 Å². The second-order valence-corrected chi connectivity index (χ2v) is 6.20. The third kappa shape index (κ3) is 4.36. The van der Waals surface area contributed by atoms with Gasteiger partial charge in [0.2, 0.25) is 0 Å². The zero-order valence-electron chi connectivity index (χ0n) is 12.9. The summed E-state index contributed by atoms with van der Waals surface area (Å²) in [5.41, 5.74) is 0.277. The second kappa shape index (κ2) is 7.20. The van der Waals surface area contributed by atoms with Gasteiger partial charge in [-0.1, -0.05) is 18.2 Å². The molecule has 1 saturated carbocycles. The number of carboxylic acid groups (broad SMARTS) is 1. The highest BCUT2D eigenvalue weighted by atomic mass is 19.4. The molecule has 0 bridgehead atoms. The van der Waals surface area contributed by atoms with E-state index in [9.17, 15) is 23.1 Å². The van der Waals surface area contributed by atoms with E-state index in [-0.39, 0.29) is 11.8 Å². The molecule has 0 aliphatic heterocycles. The average molecular weight is 326 g/mol. The molecule has 5 heteroatoms. The molecule has 2 nitrogen and oxygen atoms in total. The van der Waals surface area contributed by atoms with Gasteiger partial charge in [0.25, 0.3) is 0 Å². The molecule has 23 heavy (non-hydrogen) atoms. The third-order valence-electron chi connectivity index (χ3n) is 4.79. The minimum atomic E-state index is -4.31. The minimum absolute atomic E-state index is 0.121. The van der Waals surface area contributed by atoms with Crippen LogP contribution >= 0.6 is 0 Å². The van der Waals surface area contributed by atoms with Crippen LogP contribution in [0.4, 0.5) is 13.2 Å². The van der Waals surface area contributed by atoms with Crippen LogP contribution in [0, 0.1) is 11.8 Å². The highest BCUT2D eigenvalue weighted by Gasteiger charge is 2.33. The van der Waals surface area contributed by atoms with Gasteiger partial charge in [-0.3, -0.25) is 4.79 Å². The summed E-state index contributed by atoms with van der Waals surface area (Å²) in [4.78, 5) is 11.3. The topological polar surface area (TPSA) is 37.3 Å². The van der Waals surface area contributed by atoms with Crippen molar-refractivity contribution in [2.75, 3.05) is 0 Å². The number of carbonyl (C=O) groups is 1. The maximum atomic E-state index is 12.6. The van der Waals surface area contributed by atoms with Gasteiger partial charge in [-0.25, -0.2) is 0 Å². The van der Waals surface area contributed by atoms with Crippen LogP contribution in [0.3, 0.4) is 0 Å². The van der Waals surface area contributed by atoms with Crippen molar-refractivity contribution in [3.63, 3.8) is 0 Å². The maximum Gasteiger partial charge on any atom is 0.416 e. The fourth-order valence-corrected chi connectivity index (χ4v) is 3.47. The van der Waals surface area contributed by atoms with Crippen LogP contribution in [0.15, 0.2) is 36.9 Å². The SMILES string of the molecule is C=CCC(C(=O)O)C1CCC(c2ccc(C(F)(F)F)cc2)CC1. The number of halogens is 3. The molecule has 0 radical (unpaired) electrons. The lowest BCUT2D eigenvalue weighted by Gasteiger charge is -2.32. The number of rotatable bonds is 5. The van der Waals surface area contributed by atoms with Gasteiger partial charge in [-0.2, -0.15) is 13.2 Å². The van der Waals surface area contributed by atoms with Crippen LogP contribution < -0.4 is 0 Å². The number of benzene rings is 1. The summed E-state index contributed by atoms with van der Waals surface area (Å²) in [7, 11) is 0. The van der Waals surface area contributed by atoms with Gasteiger partial charge in [0.05, 0.1) is 11.5 Å². The van der Waals surface area contributed by atoms with Crippen molar-refractivity contribution in [1.82, 2.24) is 0 Å². The lowest BCUT2D eigenvalue weighted by molar-refractivity contribution is -0.144. The molecular weight excluding hydrogens is 305 g/mol. The second-order valence-electron chi connectivity index (χ2n) is 6.20. The van der Waals surface area contributed by atoms with Gasteiger partial charge in [0.1, 0.15) is 0 Å². The molecule has 0 saturated heterocycles. The van der Waals surface area contributed by atoms with E-state index >= 15 is 0 Å². The zero-order valence-corrected chi connectivity index (χ0v) is 12.9. The molecule has 1 fully saturated rings. The Morgan fingerprint density at radius 3 is 2.22 bits per heavy atom. The van der Waals surface area contributed by atoms with E-state index in [1.165, 1.54) is 0 Å². The maximum absolute atomic E-state index is 12.6. The van der Waals surface area contributed by atoms with Crippen molar-refractivity contribution >= 4 is 5.97 Å². The number of hydrogen-bond acceptors (Lipinski definition) is 1. The molecule has 1 unspecified atom stereocenters. The normalized spacial score (nSPS) is 23.3. The number of hydrogen-bond donors (Lipinski definition) is 1. The molecule has 1 aromatic rings. The summed E-state index contributed by atoms with van der Waals surface area (Å²) < 4.78 is 37.8. The first-order chi connectivity index (χ1) is 10.8. The highest BCUT2D eigenvalue weighted by Crippen LogP contribution is 2.40. The first-order valence-electron chi connectivity index (χ1n) is 7.83. The van der Waals surface area contributed by atoms with Crippen LogP contribution in [-0.4, -0.2) is 11.1 Å². The Balaban J connectivity index is 1.98. The lowest BCUT2D eigenvalue weighted by atomic mass is 9.73. The van der Waals surface area contributed by atoms with Gasteiger partial charge < -0.3 is 5.11 Å². The molecule has 2 rings (SSSR count). The Kier molecular flexibility index (Phi) is 5.50. The smallest absolute Gasteiger partial charge is 0.416 e. The third-order valence-corrected chi connectivity index (χ3v) is 4.79. The standard InChI is InChI=1S/C18H21F3O2/c1-2-3-16(17(22)23)14-6-4-12(5-7-14)13-8-10-15(11-9-13)18(19,20)21/h2,8-12,14,16H,1,3-7H2,(H,22,23). The van der Waals surface area contributed by atoms with Crippen LogP contribution in [-0.2, 0) is 11.0 Å². The van der Waals surface area contributed by atoms with E-state index in [0.717, 1.165) is 43.4 Å². The molecule has 0 amide bonds. The quantitative estimate of drug-likeness (QED) is 0.750. The number of alkyl halides is 3. The Morgan fingerprint density at radius 2 is 1.78 bits per heavy atom. The van der Waals surface area contributed by atoms with Crippen LogP contribution in [0.25, 0.3) is 0 Å². The average Bonchev–Trinajstić information content (AvgIpc) is 2.52. The molecule has 1 aromatic carbocycles. The van der Waals surface area contributed by atoms with E-state index in [1.54, 1.807) is 18.2 Å². The van der Waals surface area contributed by atoms with Crippen molar-refractivity contribution in [3.8, 4) is 0 Å². The van der Waals surface area contributed by atoms with Crippen molar-refractivity contribution in [2.24, 2.45) is 11.8 Å². The first kappa shape index (κ1) is 17.6. The molecule has 1 atom stereocenters. The van der Waals surface area contributed by atoms with Crippen molar-refractivity contribution in [3.05, 3.63) is 48.0 Å². The summed E-state index contributed by atoms with van der Waals surface area (Å²) in [6.45, 7) is 3.61. The fraction of sp³-hybridized carbons (Fsp3) is 0.500. The van der Waals surface area contributed by atoms with Crippen molar-refractivity contribution in [2.45, 2.75) is 44.2 Å². The van der Waals surface area contributed by atoms with Crippen LogP contribution in [0.2, 0.25) is 0 Å². The number of allylic oxidation sites excluding steroid dienone is 1. The predicted molar refractivity (Wildman–Crippen MR) is 82.1 cm³/mol. The fourth-order valence-electron chi connectivity index (χ4n) is 3.47. The number of aliphatic carboxylic acids is 1. The molecule has 0 spiro atoms. The summed E-state index contributed by atoms with van der Waals surface area (Å²) >= 11 is 0. The van der Waals surface area contributed by atoms with Crippen molar-refractivity contribution < 1.29 is 23.1 Å². The van der Waals surface area contributed by atoms with E-state index in [0.29, 0.717) is 6.42 Å². The van der Waals surface area contributed by atoms with Crippen LogP contribution in [0.5, 0.6) is 0 Å². The Morgan fingerprint density at radius 1 is 1.22 bits per heavy atom. The molecular formula is C18H21F3O2. The molecule has 1 N–H and O–H groups in total. The van der Waals surface area contributed by atoms with Gasteiger partial charge >= 0.3 is 12.1 Å². The van der Waals surface area contributed by atoms with E-state index in [2.05, 4.69) is 6.58 Å². The monoisotopic (exact) mass is 326 g/mol. The van der Waals surface area contributed by atoms with Crippen molar-refractivity contribution in [1.29, 1.82) is 0 Å². The first-order valence-corrected chi connectivity index (χ1v) is 7.83. The van der Waals surface area contributed by atoms with Gasteiger partial charge in [-0.05, 0) is 61.6 Å². The Hall–Kier alpha value is -1.78. The molecule has 1 aliphatic carbocycles. The summed E-state index contributed by atoms with van der Waals surface area (Å²) in [5.74, 6) is -0.855. The molecule has 0 heterocycles. The van der Waals surface area contributed by atoms with Crippen LogP contribution in [0.1, 0.15) is 49.1 Å². The predicted octanol–water partition coefficient (Wildman–Crippen LogP) is 5.26. The van der Waals surface area contributed by atoms with Gasteiger partial charge in [-0.15, -0.1) is 6.58 Å². The lowest BCUT2D eigenvalue weighted by Crippen LogP contribution is -2.26. The highest BCUT2D eigenvalue weighted by molar-refractivity contribution is 5.70. The van der Waals surface area contributed by atoms with E-state index in [1.807, 2.05) is 0 Å². The molecule has 1 aliphatic rings. The van der Waals surface area contributed by atoms with E-state index < -0.39 is 23.6 Å². The van der Waals surface area contributed by atoms with Gasteiger partial charge in [0.15, 0.2) is 0 Å². The molecule has 0 aromatic heterocycles. The minimum Gasteiger partial charge on any atom is -0.481 e. The largest absolute Gasteiger partial charge is 0.481 e. The molecule has 126 valence electrons. The summed E-state index contributed by atoms with van der Waals surface area (Å²) in [6.07, 6.45) is 1.00. The summed E-state index contributed by atoms with van der Waals surface area (Å²) in [5, 5.41) is 9.29. The zero-order chi connectivity index (χ0) is 17.0. The Labute approximate surface area is 134 Å². The Bertz CT molecular complexity index is 540. The summed E-state index contributed by atoms with van der Waals surface area (Å²) in [6, 6.07) is 5.34. The number of carboxylic acids is 1. The van der Waals surface area contributed by atoms with Gasteiger partial charge in [0, 0.05) is 0 Å².